The fourth-order valence-corrected chi connectivity index (χ4v) is 2.68. The number of nitrogens with zero attached hydrogens (tertiary/aromatic N) is 2. The van der Waals surface area contributed by atoms with E-state index in [1.54, 1.807) is 13.8 Å². The Labute approximate surface area is 138 Å². The summed E-state index contributed by atoms with van der Waals surface area (Å²) in [5, 5.41) is 0. The lowest BCUT2D eigenvalue weighted by Gasteiger charge is -2.37. The zero-order valence-corrected chi connectivity index (χ0v) is 14.8. The second kappa shape index (κ2) is 8.70. The van der Waals surface area contributed by atoms with Gasteiger partial charge in [-0.15, -0.1) is 0 Å². The maximum atomic E-state index is 12.6. The Morgan fingerprint density at radius 2 is 1.78 bits per heavy atom. The van der Waals surface area contributed by atoms with Crippen LogP contribution in [0.25, 0.3) is 0 Å². The summed E-state index contributed by atoms with van der Waals surface area (Å²) in [5.74, 6) is -0.905. The van der Waals surface area contributed by atoms with Gasteiger partial charge in [-0.25, -0.2) is 4.79 Å². The van der Waals surface area contributed by atoms with E-state index < -0.39 is 17.8 Å². The predicted octanol–water partition coefficient (Wildman–Crippen LogP) is 2.93. The highest BCUT2D eigenvalue weighted by molar-refractivity contribution is 6.28. The number of carbonyl (C=O) groups excluding carboxylic acids is 3. The van der Waals surface area contributed by atoms with Gasteiger partial charge in [0.25, 0.3) is 11.8 Å². The summed E-state index contributed by atoms with van der Waals surface area (Å²) in [6.45, 7) is 8.01. The standard InChI is InChI=1S/C17H28N2O4/c1-6-8-9-13(7-2)10-18-15(20)14(11-23-5)16(21)19(12(3)4)17(18)22/h11-13H,6-10H2,1-5H3/b14-11-. The molecule has 4 amide bonds. The number of rotatable bonds is 8. The lowest BCUT2D eigenvalue weighted by atomic mass is 9.98. The van der Waals surface area contributed by atoms with Gasteiger partial charge in [-0.2, -0.15) is 0 Å². The SMILES string of the molecule is CCCCC(CC)CN1C(=O)/C(=C/OC)C(=O)N(C(C)C)C1=O. The van der Waals surface area contributed by atoms with Gasteiger partial charge < -0.3 is 4.74 Å². The van der Waals surface area contributed by atoms with Gasteiger partial charge in [-0.1, -0.05) is 33.1 Å². The highest BCUT2D eigenvalue weighted by Crippen LogP contribution is 2.23. The number of urea groups is 1. The zero-order chi connectivity index (χ0) is 17.6. The van der Waals surface area contributed by atoms with E-state index in [1.807, 2.05) is 0 Å². The van der Waals surface area contributed by atoms with Crippen LogP contribution in [-0.2, 0) is 14.3 Å². The van der Waals surface area contributed by atoms with E-state index in [1.165, 1.54) is 12.0 Å². The van der Waals surface area contributed by atoms with Crippen molar-refractivity contribution in [1.29, 1.82) is 0 Å². The molecule has 0 radical (unpaired) electrons. The molecule has 1 saturated heterocycles. The molecular formula is C17H28N2O4. The van der Waals surface area contributed by atoms with E-state index in [2.05, 4.69) is 13.8 Å². The molecule has 6 nitrogen and oxygen atoms in total. The third kappa shape index (κ3) is 4.33. The Morgan fingerprint density at radius 1 is 1.13 bits per heavy atom. The first-order chi connectivity index (χ1) is 10.9. The molecule has 0 bridgehead atoms. The molecule has 0 saturated carbocycles. The second-order valence-corrected chi connectivity index (χ2v) is 6.15. The number of amides is 4. The molecule has 1 aliphatic rings. The lowest BCUT2D eigenvalue weighted by Crippen LogP contribution is -2.59. The summed E-state index contributed by atoms with van der Waals surface area (Å²) in [6, 6.07) is -0.847. The quantitative estimate of drug-likeness (QED) is 0.391. The molecule has 1 unspecified atom stereocenters. The van der Waals surface area contributed by atoms with Gasteiger partial charge in [0.15, 0.2) is 0 Å². The summed E-state index contributed by atoms with van der Waals surface area (Å²) in [7, 11) is 1.38. The molecule has 1 rings (SSSR count). The van der Waals surface area contributed by atoms with E-state index in [4.69, 9.17) is 4.74 Å². The third-order valence-electron chi connectivity index (χ3n) is 4.10. The molecule has 1 aliphatic heterocycles. The van der Waals surface area contributed by atoms with Crippen LogP contribution in [0.1, 0.15) is 53.4 Å². The van der Waals surface area contributed by atoms with Crippen LogP contribution in [0, 0.1) is 5.92 Å². The van der Waals surface area contributed by atoms with Crippen molar-refractivity contribution in [2.45, 2.75) is 59.4 Å². The van der Waals surface area contributed by atoms with E-state index >= 15 is 0 Å². The number of unbranched alkanes of at least 4 members (excludes halogenated alkanes) is 1. The number of hydrogen-bond donors (Lipinski definition) is 0. The minimum atomic E-state index is -0.588. The van der Waals surface area contributed by atoms with Gasteiger partial charge in [0.1, 0.15) is 11.8 Å². The number of methoxy groups -OCH3 is 1. The monoisotopic (exact) mass is 324 g/mol. The summed E-state index contributed by atoms with van der Waals surface area (Å²) in [4.78, 5) is 39.8. The van der Waals surface area contributed by atoms with Crippen LogP contribution in [0.4, 0.5) is 4.79 Å². The Balaban J connectivity index is 3.08. The molecule has 130 valence electrons. The number of imide groups is 2. The molecule has 0 aliphatic carbocycles. The minimum Gasteiger partial charge on any atom is -0.503 e. The first-order valence-corrected chi connectivity index (χ1v) is 8.31. The Morgan fingerprint density at radius 3 is 2.26 bits per heavy atom. The summed E-state index contributed by atoms with van der Waals surface area (Å²) < 4.78 is 4.86. The normalized spacial score (nSPS) is 19.0. The topological polar surface area (TPSA) is 66.9 Å². The molecule has 6 heteroatoms. The molecule has 23 heavy (non-hydrogen) atoms. The first kappa shape index (κ1) is 19.2. The van der Waals surface area contributed by atoms with Gasteiger partial charge in [0, 0.05) is 12.6 Å². The fourth-order valence-electron chi connectivity index (χ4n) is 2.68. The Kier molecular flexibility index (Phi) is 7.26. The third-order valence-corrected chi connectivity index (χ3v) is 4.10. The van der Waals surface area contributed by atoms with Crippen molar-refractivity contribution in [3.63, 3.8) is 0 Å². The zero-order valence-electron chi connectivity index (χ0n) is 14.8. The fraction of sp³-hybridized carbons (Fsp3) is 0.706. The van der Waals surface area contributed by atoms with E-state index in [9.17, 15) is 14.4 Å². The second-order valence-electron chi connectivity index (χ2n) is 6.15. The van der Waals surface area contributed by atoms with Crippen LogP contribution in [-0.4, -0.2) is 47.3 Å². The smallest absolute Gasteiger partial charge is 0.334 e. The molecule has 0 N–H and O–H groups in total. The highest BCUT2D eigenvalue weighted by Gasteiger charge is 2.43. The Hall–Kier alpha value is -1.85. The molecule has 0 aromatic carbocycles. The van der Waals surface area contributed by atoms with E-state index in [0.29, 0.717) is 6.54 Å². The molecule has 1 heterocycles. The van der Waals surface area contributed by atoms with E-state index in [0.717, 1.165) is 36.8 Å². The highest BCUT2D eigenvalue weighted by atomic mass is 16.5. The molecule has 1 fully saturated rings. The van der Waals surface area contributed by atoms with Crippen LogP contribution in [0.5, 0.6) is 0 Å². The van der Waals surface area contributed by atoms with Crippen LogP contribution in [0.3, 0.4) is 0 Å². The van der Waals surface area contributed by atoms with Crippen molar-refractivity contribution in [3.05, 3.63) is 11.8 Å². The van der Waals surface area contributed by atoms with Gasteiger partial charge in [-0.05, 0) is 26.2 Å². The average molecular weight is 324 g/mol. The largest absolute Gasteiger partial charge is 0.503 e. The lowest BCUT2D eigenvalue weighted by molar-refractivity contribution is -0.137. The van der Waals surface area contributed by atoms with Gasteiger partial charge in [0.05, 0.1) is 7.11 Å². The maximum absolute atomic E-state index is 12.6. The van der Waals surface area contributed by atoms with Crippen LogP contribution in [0.15, 0.2) is 11.8 Å². The maximum Gasteiger partial charge on any atom is 0.334 e. The first-order valence-electron chi connectivity index (χ1n) is 8.31. The van der Waals surface area contributed by atoms with Crippen molar-refractivity contribution < 1.29 is 19.1 Å². The Bertz CT molecular complexity index is 485. The van der Waals surface area contributed by atoms with Crippen LogP contribution >= 0.6 is 0 Å². The van der Waals surface area contributed by atoms with Crippen LogP contribution < -0.4 is 0 Å². The molecular weight excluding hydrogens is 296 g/mol. The number of carbonyl (C=O) groups is 3. The average Bonchev–Trinajstić information content (AvgIpc) is 2.50. The summed E-state index contributed by atoms with van der Waals surface area (Å²) >= 11 is 0. The van der Waals surface area contributed by atoms with Gasteiger partial charge >= 0.3 is 6.03 Å². The minimum absolute atomic E-state index is 0.0915. The number of hydrogen-bond acceptors (Lipinski definition) is 4. The van der Waals surface area contributed by atoms with Gasteiger partial charge in [-0.3, -0.25) is 19.4 Å². The van der Waals surface area contributed by atoms with Crippen LogP contribution in [0.2, 0.25) is 0 Å². The summed E-state index contributed by atoms with van der Waals surface area (Å²) in [6.07, 6.45) is 5.11. The van der Waals surface area contributed by atoms with Crippen molar-refractivity contribution in [1.82, 2.24) is 9.80 Å². The van der Waals surface area contributed by atoms with Crippen molar-refractivity contribution in [3.8, 4) is 0 Å². The summed E-state index contributed by atoms with van der Waals surface area (Å²) in [5.41, 5.74) is -0.0915. The predicted molar refractivity (Wildman–Crippen MR) is 87.5 cm³/mol. The number of ether oxygens (including phenoxy) is 1. The van der Waals surface area contributed by atoms with Crippen molar-refractivity contribution >= 4 is 17.8 Å². The van der Waals surface area contributed by atoms with Crippen molar-refractivity contribution in [2.75, 3.05) is 13.7 Å². The number of barbiturate groups is 1. The van der Waals surface area contributed by atoms with E-state index in [-0.39, 0.29) is 17.5 Å². The molecule has 0 spiro atoms. The van der Waals surface area contributed by atoms with Crippen molar-refractivity contribution in [2.24, 2.45) is 5.92 Å². The van der Waals surface area contributed by atoms with Gasteiger partial charge in [0.2, 0.25) is 0 Å². The molecule has 1 atom stereocenters. The molecule has 0 aromatic rings. The molecule has 0 aromatic heterocycles.